The summed E-state index contributed by atoms with van der Waals surface area (Å²) in [4.78, 5) is 15.1. The molecule has 1 fully saturated rings. The maximum absolute atomic E-state index is 13.1. The molecule has 2 atom stereocenters. The van der Waals surface area contributed by atoms with E-state index in [1.165, 1.54) is 6.42 Å². The van der Waals surface area contributed by atoms with Crippen molar-refractivity contribution in [3.05, 3.63) is 53.8 Å². The third-order valence-electron chi connectivity index (χ3n) is 6.57. The Bertz CT molecular complexity index is 1200. The summed E-state index contributed by atoms with van der Waals surface area (Å²) in [6.07, 6.45) is 4.69. The van der Waals surface area contributed by atoms with Gasteiger partial charge in [-0.1, -0.05) is 26.0 Å². The van der Waals surface area contributed by atoms with Gasteiger partial charge in [0.25, 0.3) is 0 Å². The first-order valence-corrected chi connectivity index (χ1v) is 11.5. The molecule has 0 spiro atoms. The third kappa shape index (κ3) is 4.50. The summed E-state index contributed by atoms with van der Waals surface area (Å²) < 4.78 is 17.1. The minimum Gasteiger partial charge on any atom is -0.497 e. The van der Waals surface area contributed by atoms with Crippen LogP contribution >= 0.6 is 0 Å². The van der Waals surface area contributed by atoms with Crippen LogP contribution in [0.15, 0.2) is 47.1 Å². The van der Waals surface area contributed by atoms with Crippen LogP contribution in [0, 0.1) is 18.8 Å². The molecular formula is C28H33NO4. The van der Waals surface area contributed by atoms with E-state index in [9.17, 15) is 4.79 Å². The molecule has 0 saturated carbocycles. The van der Waals surface area contributed by atoms with Crippen LogP contribution in [-0.2, 0) is 4.79 Å². The van der Waals surface area contributed by atoms with Crippen molar-refractivity contribution < 1.29 is 18.7 Å². The highest BCUT2D eigenvalue weighted by Gasteiger charge is 2.25. The molecular weight excluding hydrogens is 414 g/mol. The average molecular weight is 448 g/mol. The van der Waals surface area contributed by atoms with E-state index in [0.29, 0.717) is 11.8 Å². The van der Waals surface area contributed by atoms with Gasteiger partial charge in [0.1, 0.15) is 17.1 Å². The van der Waals surface area contributed by atoms with E-state index >= 15 is 0 Å². The summed E-state index contributed by atoms with van der Waals surface area (Å²) in [5, 5.41) is 0.983. The summed E-state index contributed by atoms with van der Waals surface area (Å²) in [6.45, 7) is 10.0. The Morgan fingerprint density at radius 2 is 1.85 bits per heavy atom. The lowest BCUT2D eigenvalue weighted by atomic mass is 9.91. The summed E-state index contributed by atoms with van der Waals surface area (Å²) in [5.74, 6) is 2.63. The van der Waals surface area contributed by atoms with Gasteiger partial charge in [-0.3, -0.25) is 4.79 Å². The number of fused-ring (bicyclic) bond motifs is 1. The molecule has 0 aliphatic carbocycles. The zero-order valence-electron chi connectivity index (χ0n) is 20.4. The van der Waals surface area contributed by atoms with Crippen molar-refractivity contribution in [3.8, 4) is 22.6 Å². The Morgan fingerprint density at radius 3 is 2.52 bits per heavy atom. The van der Waals surface area contributed by atoms with E-state index in [2.05, 4.69) is 19.9 Å². The number of allylic oxidation sites excluding steroid dienone is 1. The molecule has 5 nitrogen and oxygen atoms in total. The zero-order valence-corrected chi connectivity index (χ0v) is 20.4. The van der Waals surface area contributed by atoms with Crippen LogP contribution in [0.5, 0.6) is 11.5 Å². The molecule has 2 unspecified atom stereocenters. The van der Waals surface area contributed by atoms with E-state index in [1.54, 1.807) is 26.6 Å². The molecule has 4 rings (SSSR count). The van der Waals surface area contributed by atoms with Gasteiger partial charge in [0.05, 0.1) is 20.5 Å². The number of likely N-dealkylation sites (tertiary alicyclic amines) is 1. The molecule has 1 saturated heterocycles. The van der Waals surface area contributed by atoms with E-state index < -0.39 is 0 Å². The van der Waals surface area contributed by atoms with Gasteiger partial charge >= 0.3 is 0 Å². The fraction of sp³-hybridized carbons (Fsp3) is 0.393. The van der Waals surface area contributed by atoms with Gasteiger partial charge < -0.3 is 18.8 Å². The maximum Gasteiger partial charge on any atom is 0.246 e. The fourth-order valence-corrected chi connectivity index (χ4v) is 5.08. The predicted molar refractivity (Wildman–Crippen MR) is 133 cm³/mol. The van der Waals surface area contributed by atoms with Crippen LogP contribution < -0.4 is 9.47 Å². The molecule has 0 bridgehead atoms. The topological polar surface area (TPSA) is 51.9 Å². The van der Waals surface area contributed by atoms with Gasteiger partial charge in [-0.2, -0.15) is 0 Å². The molecule has 2 heterocycles. The number of benzene rings is 2. The number of ether oxygens (including phenoxy) is 2. The molecule has 1 aliphatic heterocycles. The van der Waals surface area contributed by atoms with Crippen molar-refractivity contribution in [1.82, 2.24) is 4.90 Å². The van der Waals surface area contributed by atoms with E-state index in [1.807, 2.05) is 43.0 Å². The number of nitrogens with zero attached hydrogens (tertiary/aromatic N) is 1. The Balaban J connectivity index is 1.78. The SMILES string of the molecule is COc1cccc(-c2coc3c(C)c(OC)c(/C(C)=C/C(=O)N4CC(C)CC(C)C4)cc23)c1. The molecule has 0 radical (unpaired) electrons. The Kier molecular flexibility index (Phi) is 6.50. The predicted octanol–water partition coefficient (Wildman–Crippen LogP) is 6.33. The molecule has 2 aromatic carbocycles. The van der Waals surface area contributed by atoms with Crippen molar-refractivity contribution in [1.29, 1.82) is 0 Å². The number of aryl methyl sites for hydroxylation is 1. The highest BCUT2D eigenvalue weighted by atomic mass is 16.5. The summed E-state index contributed by atoms with van der Waals surface area (Å²) in [7, 11) is 3.32. The largest absolute Gasteiger partial charge is 0.497 e. The minimum absolute atomic E-state index is 0.0610. The van der Waals surface area contributed by atoms with Crippen molar-refractivity contribution >= 4 is 22.4 Å². The van der Waals surface area contributed by atoms with E-state index in [4.69, 9.17) is 13.9 Å². The number of piperidine rings is 1. The number of furan rings is 1. The second-order valence-electron chi connectivity index (χ2n) is 9.36. The summed E-state index contributed by atoms with van der Waals surface area (Å²) in [5.41, 5.74) is 5.47. The number of hydrogen-bond donors (Lipinski definition) is 0. The fourth-order valence-electron chi connectivity index (χ4n) is 5.08. The van der Waals surface area contributed by atoms with Crippen LogP contribution in [0.25, 0.3) is 27.7 Å². The van der Waals surface area contributed by atoms with Crippen LogP contribution in [0.3, 0.4) is 0 Å². The number of rotatable bonds is 5. The molecule has 174 valence electrons. The normalized spacial score (nSPS) is 19.1. The smallest absolute Gasteiger partial charge is 0.246 e. The lowest BCUT2D eigenvalue weighted by Gasteiger charge is -2.34. The molecule has 5 heteroatoms. The average Bonchev–Trinajstić information content (AvgIpc) is 3.22. The van der Waals surface area contributed by atoms with Crippen molar-refractivity contribution in [2.24, 2.45) is 11.8 Å². The monoisotopic (exact) mass is 447 g/mol. The Hall–Kier alpha value is -3.21. The second-order valence-corrected chi connectivity index (χ2v) is 9.36. The lowest BCUT2D eigenvalue weighted by Crippen LogP contribution is -2.41. The number of amides is 1. The number of methoxy groups -OCH3 is 2. The third-order valence-corrected chi connectivity index (χ3v) is 6.57. The first kappa shape index (κ1) is 23.0. The van der Waals surface area contributed by atoms with Crippen molar-refractivity contribution in [2.75, 3.05) is 27.3 Å². The van der Waals surface area contributed by atoms with Crippen LogP contribution in [-0.4, -0.2) is 38.1 Å². The Labute approximate surface area is 196 Å². The number of carbonyl (C=O) groups excluding carboxylic acids is 1. The van der Waals surface area contributed by atoms with Gasteiger partial charge in [0.15, 0.2) is 0 Å². The molecule has 1 aromatic heterocycles. The van der Waals surface area contributed by atoms with Crippen LogP contribution in [0.2, 0.25) is 0 Å². The highest BCUT2D eigenvalue weighted by Crippen LogP contribution is 2.41. The van der Waals surface area contributed by atoms with Crippen LogP contribution in [0.1, 0.15) is 38.3 Å². The van der Waals surface area contributed by atoms with E-state index in [0.717, 1.165) is 63.4 Å². The van der Waals surface area contributed by atoms with Gasteiger partial charge in [0.2, 0.25) is 5.91 Å². The van der Waals surface area contributed by atoms with E-state index in [-0.39, 0.29) is 5.91 Å². The number of hydrogen-bond acceptors (Lipinski definition) is 4. The standard InChI is InChI=1S/C28H33NO4/c1-17-10-18(2)15-29(14-17)26(30)11-19(3)23-13-24-25(21-8-7-9-22(12-21)31-5)16-33-28(24)20(4)27(23)32-6/h7-9,11-13,16-18H,10,14-15H2,1-6H3/b19-11+. The zero-order chi connectivity index (χ0) is 23.7. The quantitative estimate of drug-likeness (QED) is 0.429. The molecule has 1 amide bonds. The van der Waals surface area contributed by atoms with Gasteiger partial charge in [-0.05, 0) is 61.4 Å². The van der Waals surface area contributed by atoms with Crippen molar-refractivity contribution in [3.63, 3.8) is 0 Å². The molecule has 0 N–H and O–H groups in total. The minimum atomic E-state index is 0.0610. The summed E-state index contributed by atoms with van der Waals surface area (Å²) in [6, 6.07) is 9.99. The Morgan fingerprint density at radius 1 is 1.12 bits per heavy atom. The van der Waals surface area contributed by atoms with Gasteiger partial charge in [-0.15, -0.1) is 0 Å². The summed E-state index contributed by atoms with van der Waals surface area (Å²) >= 11 is 0. The first-order chi connectivity index (χ1) is 15.8. The van der Waals surface area contributed by atoms with Crippen molar-refractivity contribution in [2.45, 2.75) is 34.1 Å². The molecule has 1 aliphatic rings. The maximum atomic E-state index is 13.1. The second kappa shape index (κ2) is 9.34. The van der Waals surface area contributed by atoms with Gasteiger partial charge in [0, 0.05) is 41.2 Å². The van der Waals surface area contributed by atoms with Crippen LogP contribution in [0.4, 0.5) is 0 Å². The highest BCUT2D eigenvalue weighted by molar-refractivity contribution is 6.01. The van der Waals surface area contributed by atoms with Gasteiger partial charge in [-0.25, -0.2) is 0 Å². The molecule has 33 heavy (non-hydrogen) atoms. The molecule has 3 aromatic rings. The lowest BCUT2D eigenvalue weighted by molar-refractivity contribution is -0.128. The number of carbonyl (C=O) groups is 1. The first-order valence-electron chi connectivity index (χ1n) is 11.5.